The van der Waals surface area contributed by atoms with Gasteiger partial charge in [-0.15, -0.1) is 5.73 Å². The molecule has 2 heteroatoms. The van der Waals surface area contributed by atoms with Crippen LogP contribution in [0.4, 0.5) is 0 Å². The summed E-state index contributed by atoms with van der Waals surface area (Å²) in [4.78, 5) is 9.65. The summed E-state index contributed by atoms with van der Waals surface area (Å²) >= 11 is 0. The van der Waals surface area contributed by atoms with Crippen LogP contribution in [0.2, 0.25) is 0 Å². The Morgan fingerprint density at radius 3 is 2.73 bits per heavy atom. The van der Waals surface area contributed by atoms with Crippen LogP contribution in [0.3, 0.4) is 0 Å². The normalized spacial score (nSPS) is 8.45. The van der Waals surface area contributed by atoms with Crippen molar-refractivity contribution in [1.29, 1.82) is 0 Å². The first-order valence-electron chi connectivity index (χ1n) is 4.10. The summed E-state index contributed by atoms with van der Waals surface area (Å²) in [6, 6.07) is 0. The molecule has 0 aromatic carbocycles. The van der Waals surface area contributed by atoms with E-state index in [1.54, 1.807) is 0 Å². The molecule has 0 saturated heterocycles. The van der Waals surface area contributed by atoms with E-state index in [4.69, 9.17) is 0 Å². The highest BCUT2D eigenvalue weighted by molar-refractivity contribution is 4.84. The predicted molar refractivity (Wildman–Crippen MR) is 47.5 cm³/mol. The summed E-state index contributed by atoms with van der Waals surface area (Å²) in [6.07, 6.45) is 7.98. The van der Waals surface area contributed by atoms with Gasteiger partial charge in [-0.3, -0.25) is 0 Å². The molecule has 0 radical (unpaired) electrons. The van der Waals surface area contributed by atoms with Crippen LogP contribution in [0.1, 0.15) is 32.6 Å². The lowest BCUT2D eigenvalue weighted by atomic mass is 10.3. The maximum atomic E-state index is 9.65. The van der Waals surface area contributed by atoms with E-state index in [-0.39, 0.29) is 0 Å². The second kappa shape index (κ2) is 9.12. The summed E-state index contributed by atoms with van der Waals surface area (Å²) in [6.45, 7) is 2.56. The fourth-order valence-corrected chi connectivity index (χ4v) is 0.652. The molecule has 0 aliphatic carbocycles. The van der Waals surface area contributed by atoms with Gasteiger partial charge in [-0.25, -0.2) is 0 Å². The molecule has 0 amide bonds. The zero-order chi connectivity index (χ0) is 8.36. The van der Waals surface area contributed by atoms with Crippen molar-refractivity contribution in [2.24, 2.45) is 5.18 Å². The molecule has 0 atom stereocenters. The number of hydrogen-bond acceptors (Lipinski definition) is 2. The third-order valence-electron chi connectivity index (χ3n) is 1.27. The van der Waals surface area contributed by atoms with Crippen LogP contribution < -0.4 is 0 Å². The number of nitroso groups, excluding NO2 is 1. The monoisotopic (exact) mass is 153 g/mol. The Morgan fingerprint density at radius 1 is 1.36 bits per heavy atom. The topological polar surface area (TPSA) is 29.4 Å². The van der Waals surface area contributed by atoms with Crippen molar-refractivity contribution in [1.82, 2.24) is 0 Å². The minimum Gasteiger partial charge on any atom is -0.151 e. The standard InChI is InChI=1S/C9H15NO/c1-2-3-4-5-6-7-8-9-10-11/h4,6H,2-3,7-9H2,1H3. The molecule has 0 fully saturated rings. The van der Waals surface area contributed by atoms with E-state index in [1.807, 2.05) is 12.2 Å². The van der Waals surface area contributed by atoms with E-state index in [2.05, 4.69) is 17.8 Å². The van der Waals surface area contributed by atoms with Gasteiger partial charge >= 0.3 is 0 Å². The first-order valence-corrected chi connectivity index (χ1v) is 4.10. The number of hydrogen-bond donors (Lipinski definition) is 0. The quantitative estimate of drug-likeness (QED) is 0.327. The van der Waals surface area contributed by atoms with Crippen molar-refractivity contribution in [3.8, 4) is 0 Å². The van der Waals surface area contributed by atoms with Gasteiger partial charge in [-0.1, -0.05) is 18.5 Å². The zero-order valence-corrected chi connectivity index (χ0v) is 7.05. The van der Waals surface area contributed by atoms with Gasteiger partial charge in [-0.05, 0) is 31.4 Å². The van der Waals surface area contributed by atoms with Crippen molar-refractivity contribution in [3.63, 3.8) is 0 Å². The molecule has 0 spiro atoms. The average molecular weight is 153 g/mol. The van der Waals surface area contributed by atoms with Gasteiger partial charge in [0, 0.05) is 0 Å². The largest absolute Gasteiger partial charge is 0.151 e. The van der Waals surface area contributed by atoms with Gasteiger partial charge in [0.1, 0.15) is 0 Å². The minimum absolute atomic E-state index is 0.423. The van der Waals surface area contributed by atoms with Crippen molar-refractivity contribution in [2.45, 2.75) is 32.6 Å². The molecule has 11 heavy (non-hydrogen) atoms. The molecular weight excluding hydrogens is 138 g/mol. The van der Waals surface area contributed by atoms with Crippen molar-refractivity contribution < 1.29 is 0 Å². The third-order valence-corrected chi connectivity index (χ3v) is 1.27. The highest BCUT2D eigenvalue weighted by Gasteiger charge is 1.79. The second-order valence-electron chi connectivity index (χ2n) is 2.36. The van der Waals surface area contributed by atoms with Gasteiger partial charge in [0.2, 0.25) is 0 Å². The molecule has 0 saturated carbocycles. The number of rotatable bonds is 6. The average Bonchev–Trinajstić information content (AvgIpc) is 2.03. The molecule has 2 nitrogen and oxygen atoms in total. The lowest BCUT2D eigenvalue weighted by Crippen LogP contribution is -1.74. The Labute approximate surface area is 68.0 Å². The van der Waals surface area contributed by atoms with Crippen LogP contribution in [0.25, 0.3) is 0 Å². The molecule has 0 rings (SSSR count). The Morgan fingerprint density at radius 2 is 2.09 bits per heavy atom. The minimum atomic E-state index is 0.423. The van der Waals surface area contributed by atoms with Crippen molar-refractivity contribution >= 4 is 0 Å². The maximum absolute atomic E-state index is 9.65. The molecule has 0 aromatic heterocycles. The van der Waals surface area contributed by atoms with Crippen LogP contribution in [0.5, 0.6) is 0 Å². The van der Waals surface area contributed by atoms with E-state index < -0.39 is 0 Å². The lowest BCUT2D eigenvalue weighted by Gasteiger charge is -1.82. The molecule has 0 N–H and O–H groups in total. The molecule has 0 aliphatic rings. The number of nitrogens with zero attached hydrogens (tertiary/aromatic N) is 1. The molecule has 0 bridgehead atoms. The molecule has 0 unspecified atom stereocenters. The highest BCUT2D eigenvalue weighted by Crippen LogP contribution is 1.91. The molecule has 0 aliphatic heterocycles. The van der Waals surface area contributed by atoms with E-state index in [9.17, 15) is 4.91 Å². The Kier molecular flexibility index (Phi) is 8.39. The zero-order valence-electron chi connectivity index (χ0n) is 7.05. The van der Waals surface area contributed by atoms with Gasteiger partial charge in [0.15, 0.2) is 0 Å². The van der Waals surface area contributed by atoms with Gasteiger partial charge in [-0.2, -0.15) is 4.91 Å². The molecular formula is C9H15NO. The van der Waals surface area contributed by atoms with Crippen LogP contribution >= 0.6 is 0 Å². The molecule has 0 aromatic rings. The molecule has 0 heterocycles. The van der Waals surface area contributed by atoms with Gasteiger partial charge in [0.05, 0.1) is 6.54 Å². The Bertz CT molecular complexity index is 146. The first-order chi connectivity index (χ1) is 5.41. The fraction of sp³-hybridized carbons (Fsp3) is 0.667. The Balaban J connectivity index is 3.21. The Hall–Kier alpha value is -0.880. The third kappa shape index (κ3) is 9.12. The second-order valence-corrected chi connectivity index (χ2v) is 2.36. The fourth-order valence-electron chi connectivity index (χ4n) is 0.652. The SMILES string of the molecule is CCCC=C=CCCCN=O. The number of allylic oxidation sites excluding steroid dienone is 1. The van der Waals surface area contributed by atoms with E-state index >= 15 is 0 Å². The van der Waals surface area contributed by atoms with E-state index in [0.29, 0.717) is 6.54 Å². The van der Waals surface area contributed by atoms with Crippen LogP contribution in [0.15, 0.2) is 23.1 Å². The summed E-state index contributed by atoms with van der Waals surface area (Å²) < 4.78 is 0. The molecule has 62 valence electrons. The van der Waals surface area contributed by atoms with Crippen LogP contribution in [-0.2, 0) is 0 Å². The summed E-state index contributed by atoms with van der Waals surface area (Å²) in [7, 11) is 0. The summed E-state index contributed by atoms with van der Waals surface area (Å²) in [5, 5.41) is 2.76. The van der Waals surface area contributed by atoms with Gasteiger partial charge < -0.3 is 0 Å². The smallest absolute Gasteiger partial charge is 0.0814 e. The maximum Gasteiger partial charge on any atom is 0.0814 e. The van der Waals surface area contributed by atoms with Crippen molar-refractivity contribution in [3.05, 3.63) is 22.8 Å². The highest BCUT2D eigenvalue weighted by atomic mass is 16.3. The van der Waals surface area contributed by atoms with Crippen LogP contribution in [-0.4, -0.2) is 6.54 Å². The van der Waals surface area contributed by atoms with E-state index in [1.165, 1.54) is 0 Å². The predicted octanol–water partition coefficient (Wildman–Crippen LogP) is 3.04. The number of unbranched alkanes of at least 4 members (excludes halogenated alkanes) is 2. The van der Waals surface area contributed by atoms with Gasteiger partial charge in [0.25, 0.3) is 0 Å². The van der Waals surface area contributed by atoms with Crippen LogP contribution in [0, 0.1) is 4.91 Å². The summed E-state index contributed by atoms with van der Waals surface area (Å²) in [5.41, 5.74) is 3.05. The van der Waals surface area contributed by atoms with Crippen molar-refractivity contribution in [2.75, 3.05) is 6.54 Å². The lowest BCUT2D eigenvalue weighted by molar-refractivity contribution is 0.851. The van der Waals surface area contributed by atoms with E-state index in [0.717, 1.165) is 25.7 Å². The summed E-state index contributed by atoms with van der Waals surface area (Å²) in [5.74, 6) is 0. The first kappa shape index (κ1) is 10.1.